The van der Waals surface area contributed by atoms with E-state index < -0.39 is 0 Å². The molecule has 1 aliphatic rings. The zero-order valence-electron chi connectivity index (χ0n) is 5.16. The molecular weight excluding hydrogens is 144 g/mol. The van der Waals surface area contributed by atoms with E-state index in [4.69, 9.17) is 10.5 Å². The average Bonchev–Trinajstić information content (AvgIpc) is 2.43. The van der Waals surface area contributed by atoms with Crippen molar-refractivity contribution in [2.75, 3.05) is 5.75 Å². The van der Waals surface area contributed by atoms with Crippen molar-refractivity contribution in [2.45, 2.75) is 0 Å². The maximum atomic E-state index is 8.41. The first kappa shape index (κ1) is 6.92. The highest BCUT2D eigenvalue weighted by Crippen LogP contribution is 2.26. The van der Waals surface area contributed by atoms with Gasteiger partial charge in [-0.3, -0.25) is 0 Å². The molecule has 3 heteroatoms. The molecule has 0 aliphatic carbocycles. The number of nitriles is 2. The highest BCUT2D eigenvalue weighted by atomic mass is 32.2. The lowest BCUT2D eigenvalue weighted by Crippen LogP contribution is -1.75. The molecule has 0 aromatic carbocycles. The molecule has 0 aromatic rings. The molecule has 10 heavy (non-hydrogen) atoms. The third-order valence-corrected chi connectivity index (χ3v) is 2.08. The second kappa shape index (κ2) is 3.10. The Bertz CT molecular complexity index is 259. The van der Waals surface area contributed by atoms with Gasteiger partial charge in [0.1, 0.15) is 17.7 Å². The SMILES string of the molecule is N#CC(C#N)=C1C=CCS1. The maximum Gasteiger partial charge on any atom is 0.143 e. The van der Waals surface area contributed by atoms with E-state index in [9.17, 15) is 0 Å². The van der Waals surface area contributed by atoms with Crippen LogP contribution in [0.25, 0.3) is 0 Å². The third-order valence-electron chi connectivity index (χ3n) is 1.07. The van der Waals surface area contributed by atoms with Crippen LogP contribution in [0.4, 0.5) is 0 Å². The molecule has 1 heterocycles. The lowest BCUT2D eigenvalue weighted by atomic mass is 10.3. The first-order valence-corrected chi connectivity index (χ1v) is 3.71. The van der Waals surface area contributed by atoms with E-state index in [0.29, 0.717) is 0 Å². The number of hydrogen-bond donors (Lipinski definition) is 0. The summed E-state index contributed by atoms with van der Waals surface area (Å²) in [6, 6.07) is 3.68. The van der Waals surface area contributed by atoms with Crippen LogP contribution in [-0.4, -0.2) is 5.75 Å². The quantitative estimate of drug-likeness (QED) is 0.490. The van der Waals surface area contributed by atoms with E-state index in [1.807, 2.05) is 24.3 Å². The topological polar surface area (TPSA) is 47.6 Å². The monoisotopic (exact) mass is 148 g/mol. The van der Waals surface area contributed by atoms with Gasteiger partial charge in [-0.25, -0.2) is 0 Å². The number of nitrogens with zero attached hydrogens (tertiary/aromatic N) is 2. The van der Waals surface area contributed by atoms with E-state index in [-0.39, 0.29) is 5.57 Å². The van der Waals surface area contributed by atoms with Crippen LogP contribution in [0.3, 0.4) is 0 Å². The largest absolute Gasteiger partial charge is 0.192 e. The van der Waals surface area contributed by atoms with Crippen LogP contribution in [0.1, 0.15) is 0 Å². The van der Waals surface area contributed by atoms with Gasteiger partial charge in [-0.15, -0.1) is 11.8 Å². The number of hydrogen-bond acceptors (Lipinski definition) is 3. The van der Waals surface area contributed by atoms with Gasteiger partial charge in [0, 0.05) is 10.7 Å². The predicted octanol–water partition coefficient (Wildman–Crippen LogP) is 1.59. The first-order chi connectivity index (χ1) is 4.88. The van der Waals surface area contributed by atoms with E-state index in [1.165, 1.54) is 11.8 Å². The van der Waals surface area contributed by atoms with Gasteiger partial charge in [0.05, 0.1) is 0 Å². The van der Waals surface area contributed by atoms with Crippen LogP contribution >= 0.6 is 11.8 Å². The van der Waals surface area contributed by atoms with Gasteiger partial charge in [-0.05, 0) is 6.08 Å². The maximum absolute atomic E-state index is 8.41. The molecule has 2 nitrogen and oxygen atoms in total. The molecule has 0 spiro atoms. The van der Waals surface area contributed by atoms with Gasteiger partial charge >= 0.3 is 0 Å². The third kappa shape index (κ3) is 1.21. The van der Waals surface area contributed by atoms with Crippen molar-refractivity contribution in [1.29, 1.82) is 10.5 Å². The van der Waals surface area contributed by atoms with Gasteiger partial charge in [0.25, 0.3) is 0 Å². The smallest absolute Gasteiger partial charge is 0.143 e. The Morgan fingerprint density at radius 3 is 2.60 bits per heavy atom. The Morgan fingerprint density at radius 1 is 1.50 bits per heavy atom. The predicted molar refractivity (Wildman–Crippen MR) is 39.9 cm³/mol. The first-order valence-electron chi connectivity index (χ1n) is 2.72. The molecule has 0 saturated heterocycles. The van der Waals surface area contributed by atoms with Crippen molar-refractivity contribution < 1.29 is 0 Å². The highest BCUT2D eigenvalue weighted by molar-refractivity contribution is 8.03. The average molecular weight is 148 g/mol. The van der Waals surface area contributed by atoms with E-state index in [0.717, 1.165) is 10.7 Å². The van der Waals surface area contributed by atoms with Crippen molar-refractivity contribution in [3.8, 4) is 12.1 Å². The summed E-state index contributed by atoms with van der Waals surface area (Å²) < 4.78 is 0. The van der Waals surface area contributed by atoms with Crippen molar-refractivity contribution in [3.05, 3.63) is 22.6 Å². The molecule has 0 N–H and O–H groups in total. The van der Waals surface area contributed by atoms with Crippen LogP contribution < -0.4 is 0 Å². The fourth-order valence-electron chi connectivity index (χ4n) is 0.632. The van der Waals surface area contributed by atoms with E-state index >= 15 is 0 Å². The Hall–Kier alpha value is -1.19. The Balaban J connectivity index is 2.97. The van der Waals surface area contributed by atoms with Gasteiger partial charge < -0.3 is 0 Å². The number of allylic oxidation sites excluding steroid dienone is 2. The van der Waals surface area contributed by atoms with E-state index in [1.54, 1.807) is 0 Å². The summed E-state index contributed by atoms with van der Waals surface area (Å²) in [7, 11) is 0. The lowest BCUT2D eigenvalue weighted by molar-refractivity contribution is 1.46. The molecule has 1 rings (SSSR count). The van der Waals surface area contributed by atoms with Gasteiger partial charge in [0.15, 0.2) is 0 Å². The molecule has 0 radical (unpaired) electrons. The number of rotatable bonds is 0. The van der Waals surface area contributed by atoms with Crippen LogP contribution in [0.15, 0.2) is 22.6 Å². The van der Waals surface area contributed by atoms with Gasteiger partial charge in [-0.2, -0.15) is 10.5 Å². The lowest BCUT2D eigenvalue weighted by Gasteiger charge is -1.88. The summed E-state index contributed by atoms with van der Waals surface area (Å²) in [6.45, 7) is 0. The highest BCUT2D eigenvalue weighted by Gasteiger charge is 2.06. The van der Waals surface area contributed by atoms with Gasteiger partial charge in [-0.1, -0.05) is 6.08 Å². The summed E-state index contributed by atoms with van der Waals surface area (Å²) in [5.41, 5.74) is 0.221. The molecule has 0 atom stereocenters. The minimum absolute atomic E-state index is 0.221. The van der Waals surface area contributed by atoms with Crippen LogP contribution in [-0.2, 0) is 0 Å². The summed E-state index contributed by atoms with van der Waals surface area (Å²) in [5.74, 6) is 0.877. The second-order valence-corrected chi connectivity index (χ2v) is 2.74. The Morgan fingerprint density at radius 2 is 2.20 bits per heavy atom. The molecule has 0 unspecified atom stereocenters. The van der Waals surface area contributed by atoms with Crippen molar-refractivity contribution >= 4 is 11.8 Å². The van der Waals surface area contributed by atoms with Crippen LogP contribution in [0, 0.1) is 22.7 Å². The molecule has 1 aliphatic heterocycles. The summed E-state index contributed by atoms with van der Waals surface area (Å²) in [5, 5.41) is 16.8. The zero-order valence-corrected chi connectivity index (χ0v) is 5.98. The second-order valence-electron chi connectivity index (χ2n) is 1.68. The Kier molecular flexibility index (Phi) is 2.15. The molecular formula is C7H4N2S. The fraction of sp³-hybridized carbons (Fsp3) is 0.143. The molecule has 0 saturated carbocycles. The minimum Gasteiger partial charge on any atom is -0.192 e. The fourth-order valence-corrected chi connectivity index (χ4v) is 1.43. The molecule has 48 valence electrons. The molecule has 0 amide bonds. The normalized spacial score (nSPS) is 14.4. The molecule has 0 aromatic heterocycles. The van der Waals surface area contributed by atoms with Gasteiger partial charge in [0.2, 0.25) is 0 Å². The summed E-state index contributed by atoms with van der Waals surface area (Å²) in [6.07, 6.45) is 3.75. The Labute approximate surface area is 63.5 Å². The number of thioether (sulfide) groups is 1. The summed E-state index contributed by atoms with van der Waals surface area (Å²) in [4.78, 5) is 0.796. The van der Waals surface area contributed by atoms with E-state index in [2.05, 4.69) is 0 Å². The van der Waals surface area contributed by atoms with Crippen molar-refractivity contribution in [2.24, 2.45) is 0 Å². The van der Waals surface area contributed by atoms with Crippen LogP contribution in [0.2, 0.25) is 0 Å². The molecule has 0 bridgehead atoms. The van der Waals surface area contributed by atoms with Crippen molar-refractivity contribution in [1.82, 2.24) is 0 Å². The van der Waals surface area contributed by atoms with Crippen molar-refractivity contribution in [3.63, 3.8) is 0 Å². The summed E-state index contributed by atoms with van der Waals surface area (Å²) >= 11 is 1.52. The zero-order chi connectivity index (χ0) is 7.40. The minimum atomic E-state index is 0.221. The standard InChI is InChI=1S/C7H4N2S/c8-4-6(5-9)7-2-1-3-10-7/h1-2H,3H2. The van der Waals surface area contributed by atoms with Crippen LogP contribution in [0.5, 0.6) is 0 Å². The molecule has 0 fully saturated rings.